The molecular weight excluding hydrogens is 356 g/mol. The molecule has 148 valence electrons. The smallest absolute Gasteiger partial charge is 0.326 e. The Balaban J connectivity index is 1.90. The summed E-state index contributed by atoms with van der Waals surface area (Å²) in [5.41, 5.74) is 3.14. The molecule has 28 heavy (non-hydrogen) atoms. The van der Waals surface area contributed by atoms with Gasteiger partial charge in [0.05, 0.1) is 0 Å². The lowest BCUT2D eigenvalue weighted by molar-refractivity contribution is -0.152. The normalized spacial score (nSPS) is 11.6. The van der Waals surface area contributed by atoms with E-state index in [9.17, 15) is 14.4 Å². The number of hydrogen-bond donors (Lipinski definition) is 2. The molecule has 0 unspecified atom stereocenters. The number of carbonyl (C=O) groups excluding carboxylic acids is 3. The Morgan fingerprint density at radius 2 is 1.64 bits per heavy atom. The summed E-state index contributed by atoms with van der Waals surface area (Å²) >= 11 is 0. The number of anilines is 1. The minimum absolute atomic E-state index is 0.237. The van der Waals surface area contributed by atoms with Crippen LogP contribution in [0.2, 0.25) is 0 Å². The third kappa shape index (κ3) is 5.67. The maximum absolute atomic E-state index is 12.5. The van der Waals surface area contributed by atoms with Crippen LogP contribution in [0.4, 0.5) is 5.69 Å². The van der Waals surface area contributed by atoms with E-state index in [1.54, 1.807) is 30.3 Å². The van der Waals surface area contributed by atoms with E-state index in [1.165, 1.54) is 6.92 Å². The monoisotopic (exact) mass is 382 g/mol. The molecule has 0 saturated heterocycles. The van der Waals surface area contributed by atoms with E-state index in [-0.39, 0.29) is 18.4 Å². The number of para-hydroxylation sites is 1. The van der Waals surface area contributed by atoms with Gasteiger partial charge in [-0.1, -0.05) is 50.2 Å². The summed E-state index contributed by atoms with van der Waals surface area (Å²) in [7, 11) is 0. The lowest BCUT2D eigenvalue weighted by atomic mass is 9.98. The molecule has 2 aromatic rings. The third-order valence-electron chi connectivity index (χ3n) is 4.28. The molecule has 0 saturated carbocycles. The van der Waals surface area contributed by atoms with E-state index < -0.39 is 18.0 Å². The highest BCUT2D eigenvalue weighted by Gasteiger charge is 2.20. The molecule has 0 fully saturated rings. The van der Waals surface area contributed by atoms with Crippen molar-refractivity contribution in [2.75, 3.05) is 11.9 Å². The van der Waals surface area contributed by atoms with Crippen LogP contribution in [0, 0.1) is 6.92 Å². The Morgan fingerprint density at radius 1 is 0.964 bits per heavy atom. The Labute approximate surface area is 165 Å². The minimum atomic E-state index is -0.985. The zero-order chi connectivity index (χ0) is 20.7. The lowest BCUT2D eigenvalue weighted by Crippen LogP contribution is -2.36. The zero-order valence-electron chi connectivity index (χ0n) is 16.6. The van der Waals surface area contributed by atoms with Crippen LogP contribution in [-0.4, -0.2) is 30.4 Å². The number of aryl methyl sites for hydroxylation is 1. The number of nitrogens with one attached hydrogen (secondary N) is 2. The summed E-state index contributed by atoms with van der Waals surface area (Å²) in [4.78, 5) is 36.4. The number of esters is 1. The highest BCUT2D eigenvalue weighted by Crippen LogP contribution is 2.27. The van der Waals surface area contributed by atoms with Gasteiger partial charge in [-0.2, -0.15) is 0 Å². The number of ether oxygens (including phenoxy) is 1. The predicted molar refractivity (Wildman–Crippen MR) is 108 cm³/mol. The molecular formula is C22H26N2O4. The van der Waals surface area contributed by atoms with Crippen molar-refractivity contribution in [2.24, 2.45) is 0 Å². The number of carbonyl (C=O) groups is 3. The van der Waals surface area contributed by atoms with Gasteiger partial charge >= 0.3 is 5.97 Å². The molecule has 6 nitrogen and oxygen atoms in total. The Kier molecular flexibility index (Phi) is 7.32. The second-order valence-corrected chi connectivity index (χ2v) is 6.86. The largest absolute Gasteiger partial charge is 0.451 e. The third-order valence-corrected chi connectivity index (χ3v) is 4.28. The first-order valence-corrected chi connectivity index (χ1v) is 9.22. The van der Waals surface area contributed by atoms with Crippen LogP contribution in [0.3, 0.4) is 0 Å². The molecule has 0 aliphatic rings. The van der Waals surface area contributed by atoms with Crippen LogP contribution >= 0.6 is 0 Å². The van der Waals surface area contributed by atoms with Crippen LogP contribution in [0.15, 0.2) is 48.5 Å². The molecule has 0 bridgehead atoms. The summed E-state index contributed by atoms with van der Waals surface area (Å²) < 4.78 is 5.15. The van der Waals surface area contributed by atoms with E-state index >= 15 is 0 Å². The number of rotatable bonds is 7. The molecule has 6 heteroatoms. The number of hydrogen-bond acceptors (Lipinski definition) is 4. The van der Waals surface area contributed by atoms with Crippen LogP contribution < -0.4 is 10.6 Å². The second-order valence-electron chi connectivity index (χ2n) is 6.86. The van der Waals surface area contributed by atoms with Gasteiger partial charge in [-0.05, 0) is 43.0 Å². The van der Waals surface area contributed by atoms with Gasteiger partial charge in [-0.3, -0.25) is 14.4 Å². The first-order valence-electron chi connectivity index (χ1n) is 9.22. The molecule has 2 N–H and O–H groups in total. The van der Waals surface area contributed by atoms with Crippen LogP contribution in [-0.2, 0) is 14.3 Å². The van der Waals surface area contributed by atoms with E-state index in [1.807, 2.05) is 39.0 Å². The molecule has 1 atom stereocenters. The SMILES string of the molecule is Cc1cccc(C(C)C)c1NC(=O)[C@H](C)OC(=O)CNC(=O)c1ccccc1. The molecule has 2 rings (SSSR count). The van der Waals surface area contributed by atoms with Gasteiger partial charge in [0.15, 0.2) is 6.10 Å². The fraction of sp³-hybridized carbons (Fsp3) is 0.318. The lowest BCUT2D eigenvalue weighted by Gasteiger charge is -2.19. The maximum Gasteiger partial charge on any atom is 0.326 e. The first kappa shape index (κ1) is 21.2. The van der Waals surface area contributed by atoms with Crippen molar-refractivity contribution in [3.05, 3.63) is 65.2 Å². The quantitative estimate of drug-likeness (QED) is 0.719. The first-order chi connectivity index (χ1) is 13.3. The number of benzene rings is 2. The maximum atomic E-state index is 12.5. The van der Waals surface area contributed by atoms with Crippen LogP contribution in [0.1, 0.15) is 48.2 Å². The second kappa shape index (κ2) is 9.69. The van der Waals surface area contributed by atoms with Gasteiger partial charge in [-0.25, -0.2) is 0 Å². The molecule has 0 aromatic heterocycles. The Bertz CT molecular complexity index is 847. The summed E-state index contributed by atoms with van der Waals surface area (Å²) in [6.45, 7) is 7.19. The Hall–Kier alpha value is -3.15. The topological polar surface area (TPSA) is 84.5 Å². The number of amides is 2. The van der Waals surface area contributed by atoms with Crippen molar-refractivity contribution in [1.82, 2.24) is 5.32 Å². The van der Waals surface area contributed by atoms with Crippen molar-refractivity contribution < 1.29 is 19.1 Å². The van der Waals surface area contributed by atoms with E-state index in [0.29, 0.717) is 5.56 Å². The summed E-state index contributed by atoms with van der Waals surface area (Å²) in [6.07, 6.45) is -0.985. The van der Waals surface area contributed by atoms with Gasteiger partial charge in [0.2, 0.25) is 0 Å². The van der Waals surface area contributed by atoms with Gasteiger partial charge < -0.3 is 15.4 Å². The molecule has 0 aliphatic carbocycles. The average Bonchev–Trinajstić information content (AvgIpc) is 2.67. The molecule has 0 aliphatic heterocycles. The van der Waals surface area contributed by atoms with Crippen molar-refractivity contribution in [1.29, 1.82) is 0 Å². The summed E-state index contributed by atoms with van der Waals surface area (Å²) in [5, 5.41) is 5.33. The zero-order valence-corrected chi connectivity index (χ0v) is 16.6. The van der Waals surface area contributed by atoms with E-state index in [2.05, 4.69) is 10.6 Å². The fourth-order valence-electron chi connectivity index (χ4n) is 2.70. The highest BCUT2D eigenvalue weighted by molar-refractivity contribution is 5.98. The van der Waals surface area contributed by atoms with Gasteiger partial charge in [0.1, 0.15) is 6.54 Å². The Morgan fingerprint density at radius 3 is 2.29 bits per heavy atom. The van der Waals surface area contributed by atoms with Gasteiger partial charge in [0.25, 0.3) is 11.8 Å². The molecule has 2 aromatic carbocycles. The van der Waals surface area contributed by atoms with E-state index in [4.69, 9.17) is 4.74 Å². The van der Waals surface area contributed by atoms with Crippen molar-refractivity contribution in [3.63, 3.8) is 0 Å². The average molecular weight is 382 g/mol. The van der Waals surface area contributed by atoms with Crippen LogP contribution in [0.25, 0.3) is 0 Å². The van der Waals surface area contributed by atoms with Gasteiger partial charge in [0, 0.05) is 11.3 Å². The summed E-state index contributed by atoms with van der Waals surface area (Å²) in [5.74, 6) is -1.24. The molecule has 0 spiro atoms. The van der Waals surface area contributed by atoms with Crippen molar-refractivity contribution >= 4 is 23.5 Å². The highest BCUT2D eigenvalue weighted by atomic mass is 16.5. The van der Waals surface area contributed by atoms with Crippen LogP contribution in [0.5, 0.6) is 0 Å². The predicted octanol–water partition coefficient (Wildman–Crippen LogP) is 3.42. The molecule has 0 heterocycles. The minimum Gasteiger partial charge on any atom is -0.451 e. The molecule has 0 radical (unpaired) electrons. The molecule has 2 amide bonds. The van der Waals surface area contributed by atoms with Crippen molar-refractivity contribution in [3.8, 4) is 0 Å². The standard InChI is InChI=1S/C22H26N2O4/c1-14(2)18-12-8-9-15(3)20(18)24-21(26)16(4)28-19(25)13-23-22(27)17-10-6-5-7-11-17/h5-12,14,16H,13H2,1-4H3,(H,23,27)(H,24,26)/t16-/m0/s1. The van der Waals surface area contributed by atoms with E-state index in [0.717, 1.165) is 16.8 Å². The van der Waals surface area contributed by atoms with Gasteiger partial charge in [-0.15, -0.1) is 0 Å². The fourth-order valence-corrected chi connectivity index (χ4v) is 2.70. The van der Waals surface area contributed by atoms with Crippen molar-refractivity contribution in [2.45, 2.75) is 39.7 Å². The summed E-state index contributed by atoms with van der Waals surface area (Å²) in [6, 6.07) is 14.4.